The minimum atomic E-state index is -0.582. The van der Waals surface area contributed by atoms with Gasteiger partial charge in [0.25, 0.3) is 0 Å². The Labute approximate surface area is 172 Å². The zero-order valence-corrected chi connectivity index (χ0v) is 18.1. The van der Waals surface area contributed by atoms with Crippen LogP contribution in [0.25, 0.3) is 5.69 Å². The molecule has 1 aromatic carbocycles. The average molecular weight is 450 g/mol. The van der Waals surface area contributed by atoms with Crippen LogP contribution in [0.3, 0.4) is 0 Å². The number of amides is 1. The molecule has 150 valence electrons. The number of aromatic nitrogens is 2. The number of nitrogens with zero attached hydrogens (tertiary/aromatic N) is 3. The van der Waals surface area contributed by atoms with Crippen molar-refractivity contribution >= 4 is 28.0 Å². The second kappa shape index (κ2) is 7.95. The number of rotatable bonds is 3. The average Bonchev–Trinajstić information content (AvgIpc) is 2.99. The number of hydrogen-bond donors (Lipinski definition) is 0. The highest BCUT2D eigenvalue weighted by Crippen LogP contribution is 2.28. The van der Waals surface area contributed by atoms with Gasteiger partial charge >= 0.3 is 12.1 Å². The molecule has 1 aromatic heterocycles. The number of carbonyl (C=O) groups excluding carboxylic acids is 2. The Bertz CT molecular complexity index is 901. The number of halogens is 1. The van der Waals surface area contributed by atoms with Crippen molar-refractivity contribution in [2.24, 2.45) is 0 Å². The third-order valence-corrected chi connectivity index (χ3v) is 4.72. The van der Waals surface area contributed by atoms with Crippen molar-refractivity contribution in [1.82, 2.24) is 14.7 Å². The van der Waals surface area contributed by atoms with Crippen LogP contribution in [0.2, 0.25) is 0 Å². The number of benzene rings is 1. The fourth-order valence-electron chi connectivity index (χ4n) is 3.09. The molecule has 0 atom stereocenters. The maximum Gasteiger partial charge on any atom is 0.410 e. The first-order valence-corrected chi connectivity index (χ1v) is 10.0. The Morgan fingerprint density at radius 3 is 2.68 bits per heavy atom. The number of fused-ring (bicyclic) bond motifs is 1. The molecule has 28 heavy (non-hydrogen) atoms. The number of carbonyl (C=O) groups is 2. The highest BCUT2D eigenvalue weighted by atomic mass is 79.9. The molecule has 8 heteroatoms. The first kappa shape index (κ1) is 20.4. The lowest BCUT2D eigenvalue weighted by Gasteiger charge is -2.30. The lowest BCUT2D eigenvalue weighted by atomic mass is 10.1. The highest BCUT2D eigenvalue weighted by Gasteiger charge is 2.33. The first-order chi connectivity index (χ1) is 13.2. The molecular weight excluding hydrogens is 426 g/mol. The third kappa shape index (κ3) is 4.38. The van der Waals surface area contributed by atoms with Crippen molar-refractivity contribution < 1.29 is 19.1 Å². The summed E-state index contributed by atoms with van der Waals surface area (Å²) < 4.78 is 13.3. The summed E-state index contributed by atoms with van der Waals surface area (Å²) >= 11 is 3.47. The zero-order chi connectivity index (χ0) is 20.5. The van der Waals surface area contributed by atoms with Crippen LogP contribution < -0.4 is 0 Å². The van der Waals surface area contributed by atoms with Gasteiger partial charge in [0, 0.05) is 23.0 Å². The normalized spacial score (nSPS) is 13.8. The molecule has 1 aliphatic rings. The molecule has 0 N–H and O–H groups in total. The van der Waals surface area contributed by atoms with Crippen LogP contribution in [0.15, 0.2) is 28.7 Å². The SMILES string of the molecule is CCOC(=O)c1nn(-c2cccc(Br)c2)c2c1CN(C(=O)OC(C)(C)C)CC2. The molecule has 0 unspecified atom stereocenters. The molecule has 2 aromatic rings. The van der Waals surface area contributed by atoms with E-state index in [1.807, 2.05) is 45.0 Å². The Morgan fingerprint density at radius 2 is 2.04 bits per heavy atom. The number of ether oxygens (including phenoxy) is 2. The Kier molecular flexibility index (Phi) is 5.79. The standard InChI is InChI=1S/C20H24BrN3O4/c1-5-27-18(25)17-15-12-23(19(26)28-20(2,3)4)10-9-16(15)24(22-17)14-8-6-7-13(21)11-14/h6-8,11H,5,9-10,12H2,1-4H3. The van der Waals surface area contributed by atoms with Gasteiger partial charge in [-0.25, -0.2) is 14.3 Å². The second-order valence-corrected chi connectivity index (χ2v) is 8.45. The summed E-state index contributed by atoms with van der Waals surface area (Å²) in [6, 6.07) is 7.69. The van der Waals surface area contributed by atoms with E-state index in [1.54, 1.807) is 16.5 Å². The van der Waals surface area contributed by atoms with Crippen LogP contribution in [0, 0.1) is 0 Å². The maximum atomic E-state index is 12.5. The van der Waals surface area contributed by atoms with Gasteiger partial charge in [-0.2, -0.15) is 5.10 Å². The van der Waals surface area contributed by atoms with E-state index >= 15 is 0 Å². The molecule has 0 bridgehead atoms. The molecule has 0 saturated carbocycles. The molecule has 7 nitrogen and oxygen atoms in total. The molecule has 0 aliphatic carbocycles. The largest absolute Gasteiger partial charge is 0.461 e. The molecule has 0 saturated heterocycles. The summed E-state index contributed by atoms with van der Waals surface area (Å²) in [5.41, 5.74) is 2.11. The third-order valence-electron chi connectivity index (χ3n) is 4.23. The van der Waals surface area contributed by atoms with Crippen molar-refractivity contribution in [3.8, 4) is 5.69 Å². The van der Waals surface area contributed by atoms with Gasteiger partial charge in [-0.3, -0.25) is 0 Å². The van der Waals surface area contributed by atoms with E-state index in [4.69, 9.17) is 9.47 Å². The molecule has 0 radical (unpaired) electrons. The zero-order valence-electron chi connectivity index (χ0n) is 16.5. The van der Waals surface area contributed by atoms with Gasteiger partial charge in [0.2, 0.25) is 0 Å². The van der Waals surface area contributed by atoms with E-state index in [0.717, 1.165) is 15.9 Å². The van der Waals surface area contributed by atoms with Gasteiger partial charge in [-0.05, 0) is 45.9 Å². The summed E-state index contributed by atoms with van der Waals surface area (Å²) in [5.74, 6) is -0.487. The van der Waals surface area contributed by atoms with Crippen molar-refractivity contribution in [1.29, 1.82) is 0 Å². The molecule has 1 amide bonds. The van der Waals surface area contributed by atoms with Crippen LogP contribution in [-0.4, -0.2) is 45.5 Å². The molecule has 0 fully saturated rings. The van der Waals surface area contributed by atoms with Crippen molar-refractivity contribution in [3.05, 3.63) is 45.7 Å². The van der Waals surface area contributed by atoms with Crippen LogP contribution in [0.1, 0.15) is 49.4 Å². The van der Waals surface area contributed by atoms with Crippen molar-refractivity contribution in [2.45, 2.75) is 46.3 Å². The molecule has 0 spiro atoms. The summed E-state index contributed by atoms with van der Waals surface area (Å²) in [7, 11) is 0. The van der Waals surface area contributed by atoms with Gasteiger partial charge in [-0.1, -0.05) is 22.0 Å². The highest BCUT2D eigenvalue weighted by molar-refractivity contribution is 9.10. The predicted octanol–water partition coefficient (Wildman–Crippen LogP) is 4.10. The molecule has 3 rings (SSSR count). The van der Waals surface area contributed by atoms with Crippen LogP contribution in [0.4, 0.5) is 4.79 Å². The minimum Gasteiger partial charge on any atom is -0.461 e. The fourth-order valence-corrected chi connectivity index (χ4v) is 3.47. The van der Waals surface area contributed by atoms with Crippen LogP contribution >= 0.6 is 15.9 Å². The van der Waals surface area contributed by atoms with Crippen molar-refractivity contribution in [3.63, 3.8) is 0 Å². The Hall–Kier alpha value is -2.35. The Balaban J connectivity index is 1.99. The predicted molar refractivity (Wildman–Crippen MR) is 108 cm³/mol. The Morgan fingerprint density at radius 1 is 1.29 bits per heavy atom. The quantitative estimate of drug-likeness (QED) is 0.659. The van der Waals surface area contributed by atoms with E-state index in [9.17, 15) is 9.59 Å². The summed E-state index contributed by atoms with van der Waals surface area (Å²) in [6.45, 7) is 8.24. The van der Waals surface area contributed by atoms with Gasteiger partial charge in [0.15, 0.2) is 5.69 Å². The van der Waals surface area contributed by atoms with Crippen LogP contribution in [0.5, 0.6) is 0 Å². The van der Waals surface area contributed by atoms with Crippen LogP contribution in [-0.2, 0) is 22.4 Å². The van der Waals surface area contributed by atoms with E-state index in [1.165, 1.54) is 0 Å². The summed E-state index contributed by atoms with van der Waals surface area (Å²) in [4.78, 5) is 26.6. The van der Waals surface area contributed by atoms with E-state index in [0.29, 0.717) is 18.5 Å². The van der Waals surface area contributed by atoms with E-state index < -0.39 is 17.7 Å². The lowest BCUT2D eigenvalue weighted by Crippen LogP contribution is -2.40. The summed E-state index contributed by atoms with van der Waals surface area (Å²) in [5, 5.41) is 4.53. The van der Waals surface area contributed by atoms with E-state index in [2.05, 4.69) is 21.0 Å². The van der Waals surface area contributed by atoms with Gasteiger partial charge in [0.05, 0.1) is 24.5 Å². The topological polar surface area (TPSA) is 73.7 Å². The fraction of sp³-hybridized carbons (Fsp3) is 0.450. The van der Waals surface area contributed by atoms with E-state index in [-0.39, 0.29) is 18.8 Å². The maximum absolute atomic E-state index is 12.5. The van der Waals surface area contributed by atoms with Gasteiger partial charge in [-0.15, -0.1) is 0 Å². The molecule has 1 aliphatic heterocycles. The molecular formula is C20H24BrN3O4. The lowest BCUT2D eigenvalue weighted by molar-refractivity contribution is 0.0219. The number of hydrogen-bond acceptors (Lipinski definition) is 5. The monoisotopic (exact) mass is 449 g/mol. The molecule has 2 heterocycles. The smallest absolute Gasteiger partial charge is 0.410 e. The summed E-state index contributed by atoms with van der Waals surface area (Å²) in [6.07, 6.45) is 0.163. The van der Waals surface area contributed by atoms with Gasteiger partial charge < -0.3 is 14.4 Å². The van der Waals surface area contributed by atoms with Crippen molar-refractivity contribution in [2.75, 3.05) is 13.2 Å². The minimum absolute atomic E-state index is 0.241. The number of esters is 1. The van der Waals surface area contributed by atoms with Gasteiger partial charge in [0.1, 0.15) is 5.60 Å². The first-order valence-electron chi connectivity index (χ1n) is 9.21. The second-order valence-electron chi connectivity index (χ2n) is 7.54.